The molecular weight excluding hydrogens is 532 g/mol. The fourth-order valence-electron chi connectivity index (χ4n) is 10.2. The van der Waals surface area contributed by atoms with Crippen LogP contribution in [0.4, 0.5) is 0 Å². The molecule has 0 unspecified atom stereocenters. The molecule has 0 radical (unpaired) electrons. The Balaban J connectivity index is 1.58. The predicted molar refractivity (Wildman–Crippen MR) is 161 cm³/mol. The number of aliphatic hydroxyl groups excluding tert-OH is 1. The van der Waals surface area contributed by atoms with E-state index in [9.17, 15) is 24.6 Å². The highest BCUT2D eigenvalue weighted by Crippen LogP contribution is 2.72. The van der Waals surface area contributed by atoms with Crippen LogP contribution >= 0.6 is 0 Å². The standard InChI is InChI=1S/C35H54O7/c1-20(22(3)31(39)40)10-11-21(2)23-14-17-34(7)24-12-13-26-32(4,5)28(42-30(38)19-29(37)41-9)15-16-33(26,6)25(24)18-27(36)35(23,34)8/h21-23,26-28,36H,1,10-19H2,2-9H3,(H,39,40)/t21-,22+,23-,26+,27+,28-,33-,34+,35+/m1/s1. The van der Waals surface area contributed by atoms with Gasteiger partial charge in [0.2, 0.25) is 0 Å². The molecule has 7 heteroatoms. The van der Waals surface area contributed by atoms with Crippen LogP contribution in [-0.2, 0) is 23.9 Å². The Morgan fingerprint density at radius 2 is 1.67 bits per heavy atom. The number of allylic oxidation sites excluding steroid dienone is 1. The SMILES string of the molecule is C=C(CC[C@@H](C)[C@H]1CC[C@@]2(C)C3=C(C[C@H](O)[C@]12C)[C@@]1(C)CC[C@@H](OC(=O)CC(=O)OC)C(C)(C)[C@@H]1CC3)[C@H](C)C(=O)O. The number of methoxy groups -OCH3 is 1. The maximum Gasteiger partial charge on any atom is 0.317 e. The normalized spacial score (nSPS) is 38.4. The van der Waals surface area contributed by atoms with Crippen LogP contribution in [0.5, 0.6) is 0 Å². The van der Waals surface area contributed by atoms with E-state index < -0.39 is 29.9 Å². The molecule has 4 aliphatic carbocycles. The van der Waals surface area contributed by atoms with Crippen molar-refractivity contribution < 1.29 is 34.1 Å². The fraction of sp³-hybridized carbons (Fsp3) is 0.800. The van der Waals surface area contributed by atoms with Crippen molar-refractivity contribution in [3.63, 3.8) is 0 Å². The number of aliphatic hydroxyl groups is 1. The first kappa shape index (κ1) is 32.8. The van der Waals surface area contributed by atoms with Gasteiger partial charge in [0, 0.05) is 10.8 Å². The van der Waals surface area contributed by atoms with Crippen LogP contribution in [-0.4, -0.2) is 47.4 Å². The van der Waals surface area contributed by atoms with E-state index in [1.165, 1.54) is 12.7 Å². The van der Waals surface area contributed by atoms with Gasteiger partial charge in [0.1, 0.15) is 12.5 Å². The molecule has 4 rings (SSSR count). The zero-order valence-electron chi connectivity index (χ0n) is 27.2. The van der Waals surface area contributed by atoms with Gasteiger partial charge in [-0.2, -0.15) is 0 Å². The summed E-state index contributed by atoms with van der Waals surface area (Å²) in [5.41, 5.74) is 3.08. The number of aliphatic carboxylic acids is 1. The molecule has 0 aromatic rings. The molecule has 0 heterocycles. The molecule has 236 valence electrons. The average Bonchev–Trinajstić information content (AvgIpc) is 3.21. The first-order valence-corrected chi connectivity index (χ1v) is 16.0. The molecule has 0 saturated heterocycles. The van der Waals surface area contributed by atoms with E-state index in [4.69, 9.17) is 4.74 Å². The van der Waals surface area contributed by atoms with Gasteiger partial charge in [-0.3, -0.25) is 14.4 Å². The second-order valence-corrected chi connectivity index (χ2v) is 15.3. The molecule has 42 heavy (non-hydrogen) atoms. The zero-order valence-corrected chi connectivity index (χ0v) is 27.2. The molecule has 0 aromatic heterocycles. The van der Waals surface area contributed by atoms with E-state index >= 15 is 0 Å². The van der Waals surface area contributed by atoms with E-state index in [0.717, 1.165) is 50.5 Å². The third-order valence-corrected chi connectivity index (χ3v) is 13.2. The van der Waals surface area contributed by atoms with Gasteiger partial charge in [0.15, 0.2) is 0 Å². The molecule has 0 bridgehead atoms. The van der Waals surface area contributed by atoms with Crippen LogP contribution in [0.25, 0.3) is 0 Å². The highest BCUT2D eigenvalue weighted by atomic mass is 16.6. The second kappa shape index (κ2) is 11.4. The van der Waals surface area contributed by atoms with Crippen molar-refractivity contribution in [2.75, 3.05) is 7.11 Å². The minimum Gasteiger partial charge on any atom is -0.481 e. The summed E-state index contributed by atoms with van der Waals surface area (Å²) < 4.78 is 10.6. The Morgan fingerprint density at radius 1 is 1.00 bits per heavy atom. The average molecular weight is 587 g/mol. The monoisotopic (exact) mass is 586 g/mol. The van der Waals surface area contributed by atoms with Crippen LogP contribution in [0, 0.1) is 45.3 Å². The van der Waals surface area contributed by atoms with Crippen LogP contribution in [0.3, 0.4) is 0 Å². The summed E-state index contributed by atoms with van der Waals surface area (Å²) in [5.74, 6) is -1.46. The summed E-state index contributed by atoms with van der Waals surface area (Å²) in [4.78, 5) is 35.6. The smallest absolute Gasteiger partial charge is 0.317 e. The van der Waals surface area contributed by atoms with Crippen molar-refractivity contribution in [2.24, 2.45) is 45.3 Å². The van der Waals surface area contributed by atoms with Gasteiger partial charge in [-0.05, 0) is 93.3 Å². The summed E-state index contributed by atoms with van der Waals surface area (Å²) in [7, 11) is 1.27. The molecule has 2 fully saturated rings. The van der Waals surface area contributed by atoms with Crippen LogP contribution in [0.2, 0.25) is 0 Å². The minimum absolute atomic E-state index is 0.0813. The lowest BCUT2D eigenvalue weighted by Crippen LogP contribution is -2.58. The number of carboxylic acid groups (broad SMARTS) is 1. The van der Waals surface area contributed by atoms with Crippen molar-refractivity contribution in [3.05, 3.63) is 23.3 Å². The largest absolute Gasteiger partial charge is 0.481 e. The molecular formula is C35H54O7. The number of carboxylic acids is 1. The first-order chi connectivity index (χ1) is 19.4. The van der Waals surface area contributed by atoms with Gasteiger partial charge in [-0.25, -0.2) is 0 Å². The van der Waals surface area contributed by atoms with Gasteiger partial charge in [-0.15, -0.1) is 0 Å². The van der Waals surface area contributed by atoms with Crippen LogP contribution < -0.4 is 0 Å². The van der Waals surface area contributed by atoms with Gasteiger partial charge in [-0.1, -0.05) is 64.8 Å². The molecule has 2 N–H and O–H groups in total. The summed E-state index contributed by atoms with van der Waals surface area (Å²) in [6.45, 7) is 19.6. The van der Waals surface area contributed by atoms with Crippen molar-refractivity contribution in [2.45, 2.75) is 125 Å². The molecule has 0 aromatic carbocycles. The van der Waals surface area contributed by atoms with Crippen molar-refractivity contribution in [3.8, 4) is 0 Å². The van der Waals surface area contributed by atoms with Crippen LogP contribution in [0.1, 0.15) is 113 Å². The molecule has 4 aliphatic rings. The molecule has 2 saturated carbocycles. The lowest BCUT2D eigenvalue weighted by molar-refractivity contribution is -0.173. The molecule has 0 spiro atoms. The predicted octanol–water partition coefficient (Wildman–Crippen LogP) is 6.87. The van der Waals surface area contributed by atoms with Gasteiger partial charge < -0.3 is 19.7 Å². The number of ether oxygens (including phenoxy) is 2. The Morgan fingerprint density at radius 3 is 2.29 bits per heavy atom. The number of rotatable bonds is 9. The van der Waals surface area contributed by atoms with E-state index in [1.54, 1.807) is 12.5 Å². The third kappa shape index (κ3) is 5.05. The topological polar surface area (TPSA) is 110 Å². The highest BCUT2D eigenvalue weighted by molar-refractivity contribution is 5.91. The lowest BCUT2D eigenvalue weighted by Gasteiger charge is -2.63. The van der Waals surface area contributed by atoms with Gasteiger partial charge in [0.05, 0.1) is 19.1 Å². The second-order valence-electron chi connectivity index (χ2n) is 15.3. The van der Waals surface area contributed by atoms with Crippen LogP contribution in [0.15, 0.2) is 23.3 Å². The zero-order chi connectivity index (χ0) is 31.4. The van der Waals surface area contributed by atoms with Crippen molar-refractivity contribution in [1.29, 1.82) is 0 Å². The van der Waals surface area contributed by atoms with E-state index in [1.807, 2.05) is 0 Å². The molecule has 9 atom stereocenters. The van der Waals surface area contributed by atoms with E-state index in [0.29, 0.717) is 30.6 Å². The molecule has 0 aliphatic heterocycles. The number of fused-ring (bicyclic) bond motifs is 4. The van der Waals surface area contributed by atoms with E-state index in [-0.39, 0.29) is 34.2 Å². The number of carbonyl (C=O) groups is 3. The Labute approximate surface area is 252 Å². The summed E-state index contributed by atoms with van der Waals surface area (Å²) >= 11 is 0. The minimum atomic E-state index is -0.823. The Bertz CT molecular complexity index is 1150. The number of esters is 2. The maximum atomic E-state index is 12.5. The highest BCUT2D eigenvalue weighted by Gasteiger charge is 2.66. The molecule has 0 amide bonds. The number of hydrogen-bond donors (Lipinski definition) is 2. The summed E-state index contributed by atoms with van der Waals surface area (Å²) in [6, 6.07) is 0. The fourth-order valence-corrected chi connectivity index (χ4v) is 10.2. The number of hydrogen-bond acceptors (Lipinski definition) is 6. The summed E-state index contributed by atoms with van der Waals surface area (Å²) in [5, 5.41) is 21.5. The lowest BCUT2D eigenvalue weighted by atomic mass is 9.42. The Hall–Kier alpha value is -2.15. The Kier molecular flexibility index (Phi) is 8.90. The first-order valence-electron chi connectivity index (χ1n) is 16.0. The van der Waals surface area contributed by atoms with Crippen molar-refractivity contribution >= 4 is 17.9 Å². The summed E-state index contributed by atoms with van der Waals surface area (Å²) in [6.07, 6.45) is 6.93. The van der Waals surface area contributed by atoms with Crippen molar-refractivity contribution in [1.82, 2.24) is 0 Å². The van der Waals surface area contributed by atoms with E-state index in [2.05, 4.69) is 52.9 Å². The number of carbonyl (C=O) groups excluding carboxylic acids is 2. The molecule has 7 nitrogen and oxygen atoms in total. The third-order valence-electron chi connectivity index (χ3n) is 13.2. The van der Waals surface area contributed by atoms with Gasteiger partial charge in [0.25, 0.3) is 0 Å². The van der Waals surface area contributed by atoms with Gasteiger partial charge >= 0.3 is 17.9 Å². The maximum absolute atomic E-state index is 12.5. The quantitative estimate of drug-likeness (QED) is 0.172.